The van der Waals surface area contributed by atoms with Gasteiger partial charge in [-0.25, -0.2) is 0 Å². The van der Waals surface area contributed by atoms with E-state index in [4.69, 9.17) is 5.26 Å². The van der Waals surface area contributed by atoms with Gasteiger partial charge in [0.05, 0.1) is 12.5 Å². The van der Waals surface area contributed by atoms with Gasteiger partial charge in [0.25, 0.3) is 0 Å². The lowest BCUT2D eigenvalue weighted by atomic mass is 10.0. The maximum Gasteiger partial charge on any atom is 0.224 e. The number of rotatable bonds is 4. The third-order valence-corrected chi connectivity index (χ3v) is 3.08. The van der Waals surface area contributed by atoms with Gasteiger partial charge in [0.15, 0.2) is 0 Å². The molecule has 1 N–H and O–H groups in total. The van der Waals surface area contributed by atoms with Crippen LogP contribution in [0.25, 0.3) is 0 Å². The predicted molar refractivity (Wildman–Crippen MR) is 70.9 cm³/mol. The van der Waals surface area contributed by atoms with E-state index < -0.39 is 0 Å². The monoisotopic (exact) mass is 240 g/mol. The zero-order chi connectivity index (χ0) is 12.8. The van der Waals surface area contributed by atoms with Crippen LogP contribution in [0.5, 0.6) is 0 Å². The van der Waals surface area contributed by atoms with Gasteiger partial charge in [-0.05, 0) is 36.5 Å². The molecule has 92 valence electrons. The first-order valence-corrected chi connectivity index (χ1v) is 6.20. The predicted octanol–water partition coefficient (Wildman–Crippen LogP) is 3.05. The van der Waals surface area contributed by atoms with E-state index >= 15 is 0 Å². The minimum Gasteiger partial charge on any atom is -0.326 e. The number of nitrogens with zero attached hydrogens (tertiary/aromatic N) is 1. The second kappa shape index (κ2) is 6.02. The summed E-state index contributed by atoms with van der Waals surface area (Å²) in [5, 5.41) is 11.4. The topological polar surface area (TPSA) is 52.9 Å². The first-order chi connectivity index (χ1) is 8.78. The molecule has 0 heterocycles. The Morgan fingerprint density at radius 3 is 2.78 bits per heavy atom. The van der Waals surface area contributed by atoms with E-state index in [0.29, 0.717) is 18.8 Å². The van der Waals surface area contributed by atoms with Crippen molar-refractivity contribution in [1.29, 1.82) is 5.26 Å². The van der Waals surface area contributed by atoms with Gasteiger partial charge in [-0.1, -0.05) is 24.3 Å². The molecular weight excluding hydrogens is 224 g/mol. The van der Waals surface area contributed by atoms with E-state index in [1.165, 1.54) is 0 Å². The van der Waals surface area contributed by atoms with Gasteiger partial charge in [0.1, 0.15) is 0 Å². The van der Waals surface area contributed by atoms with E-state index in [0.717, 1.165) is 24.1 Å². The molecule has 0 aromatic heterocycles. The molecule has 1 aliphatic carbocycles. The number of nitriles is 1. The number of anilines is 1. The summed E-state index contributed by atoms with van der Waals surface area (Å²) in [5.41, 5.74) is 1.76. The fourth-order valence-electron chi connectivity index (χ4n) is 2.11. The Morgan fingerprint density at radius 2 is 2.17 bits per heavy atom. The maximum atomic E-state index is 11.8. The van der Waals surface area contributed by atoms with Crippen LogP contribution < -0.4 is 5.32 Å². The second-order valence-electron chi connectivity index (χ2n) is 4.55. The summed E-state index contributed by atoms with van der Waals surface area (Å²) in [6.45, 7) is 0. The largest absolute Gasteiger partial charge is 0.326 e. The van der Waals surface area contributed by atoms with Gasteiger partial charge in [-0.15, -0.1) is 0 Å². The van der Waals surface area contributed by atoms with Gasteiger partial charge in [-0.2, -0.15) is 5.26 Å². The molecule has 0 saturated carbocycles. The molecule has 1 aromatic rings. The van der Waals surface area contributed by atoms with Gasteiger partial charge in [0, 0.05) is 12.1 Å². The average Bonchev–Trinajstić information content (AvgIpc) is 2.84. The number of hydrogen-bond donors (Lipinski definition) is 1. The minimum absolute atomic E-state index is 0.0552. The van der Waals surface area contributed by atoms with Crippen LogP contribution in [0, 0.1) is 17.2 Å². The van der Waals surface area contributed by atoms with E-state index in [1.807, 2.05) is 24.3 Å². The SMILES string of the molecule is N#CCc1ccc(NC(=O)C[C@@H]2C=CCC2)cc1. The minimum atomic E-state index is 0.0552. The number of benzene rings is 1. The summed E-state index contributed by atoms with van der Waals surface area (Å²) in [6.07, 6.45) is 7.37. The van der Waals surface area contributed by atoms with Crippen molar-refractivity contribution < 1.29 is 4.79 Å². The highest BCUT2D eigenvalue weighted by molar-refractivity contribution is 5.91. The van der Waals surface area contributed by atoms with E-state index in [2.05, 4.69) is 23.5 Å². The smallest absolute Gasteiger partial charge is 0.224 e. The number of hydrogen-bond acceptors (Lipinski definition) is 2. The van der Waals surface area contributed by atoms with Crippen molar-refractivity contribution in [3.63, 3.8) is 0 Å². The van der Waals surface area contributed by atoms with Crippen LogP contribution in [0.3, 0.4) is 0 Å². The molecule has 1 aliphatic rings. The Bertz CT molecular complexity index is 482. The molecule has 3 heteroatoms. The zero-order valence-corrected chi connectivity index (χ0v) is 10.2. The summed E-state index contributed by atoms with van der Waals surface area (Å²) in [5.74, 6) is 0.447. The van der Waals surface area contributed by atoms with E-state index in [-0.39, 0.29) is 5.91 Å². The number of amides is 1. The summed E-state index contributed by atoms with van der Waals surface area (Å²) < 4.78 is 0. The number of nitrogens with one attached hydrogen (secondary N) is 1. The van der Waals surface area contributed by atoms with Gasteiger partial charge >= 0.3 is 0 Å². The number of carbonyl (C=O) groups is 1. The highest BCUT2D eigenvalue weighted by atomic mass is 16.1. The van der Waals surface area contributed by atoms with Crippen molar-refractivity contribution in [3.05, 3.63) is 42.0 Å². The standard InChI is InChI=1S/C15H16N2O/c16-10-9-12-5-7-14(8-6-12)17-15(18)11-13-3-1-2-4-13/h1,3,5-8,13H,2,4,9,11H2,(H,17,18)/t13-/m1/s1. The molecule has 0 fully saturated rings. The van der Waals surface area contributed by atoms with Gasteiger partial charge in [-0.3, -0.25) is 4.79 Å². The Kier molecular flexibility index (Phi) is 4.14. The number of carbonyl (C=O) groups excluding carboxylic acids is 1. The highest BCUT2D eigenvalue weighted by Gasteiger charge is 2.13. The molecule has 0 saturated heterocycles. The molecule has 0 radical (unpaired) electrons. The lowest BCUT2D eigenvalue weighted by Crippen LogP contribution is -2.14. The van der Waals surface area contributed by atoms with E-state index in [9.17, 15) is 4.79 Å². The molecule has 1 aromatic carbocycles. The molecule has 0 bridgehead atoms. The van der Waals surface area contributed by atoms with Crippen molar-refractivity contribution in [2.45, 2.75) is 25.7 Å². The van der Waals surface area contributed by atoms with Crippen LogP contribution in [0.2, 0.25) is 0 Å². The van der Waals surface area contributed by atoms with E-state index in [1.54, 1.807) is 0 Å². The van der Waals surface area contributed by atoms with Gasteiger partial charge in [0.2, 0.25) is 5.91 Å². The van der Waals surface area contributed by atoms with Crippen molar-refractivity contribution in [1.82, 2.24) is 0 Å². The third-order valence-electron chi connectivity index (χ3n) is 3.08. The summed E-state index contributed by atoms with van der Waals surface area (Å²) in [7, 11) is 0. The molecule has 1 atom stereocenters. The second-order valence-corrected chi connectivity index (χ2v) is 4.55. The molecule has 0 unspecified atom stereocenters. The fourth-order valence-corrected chi connectivity index (χ4v) is 2.11. The summed E-state index contributed by atoms with van der Waals surface area (Å²) >= 11 is 0. The summed E-state index contributed by atoms with van der Waals surface area (Å²) in [6, 6.07) is 9.52. The summed E-state index contributed by atoms with van der Waals surface area (Å²) in [4.78, 5) is 11.8. The Labute approximate surface area is 107 Å². The Morgan fingerprint density at radius 1 is 1.39 bits per heavy atom. The molecule has 0 aliphatic heterocycles. The van der Waals surface area contributed by atoms with Crippen LogP contribution in [0.4, 0.5) is 5.69 Å². The number of allylic oxidation sites excluding steroid dienone is 2. The lowest BCUT2D eigenvalue weighted by Gasteiger charge is -2.09. The van der Waals surface area contributed by atoms with Crippen LogP contribution in [-0.4, -0.2) is 5.91 Å². The molecule has 0 spiro atoms. The molecule has 1 amide bonds. The van der Waals surface area contributed by atoms with Gasteiger partial charge < -0.3 is 5.32 Å². The van der Waals surface area contributed by atoms with Crippen LogP contribution in [-0.2, 0) is 11.2 Å². The highest BCUT2D eigenvalue weighted by Crippen LogP contribution is 2.21. The first kappa shape index (κ1) is 12.4. The van der Waals surface area contributed by atoms with Crippen molar-refractivity contribution in [2.24, 2.45) is 5.92 Å². The molecular formula is C15H16N2O. The quantitative estimate of drug-likeness (QED) is 0.822. The lowest BCUT2D eigenvalue weighted by molar-refractivity contribution is -0.116. The zero-order valence-electron chi connectivity index (χ0n) is 10.2. The normalized spacial score (nSPS) is 17.4. The first-order valence-electron chi connectivity index (χ1n) is 6.20. The van der Waals surface area contributed by atoms with Crippen LogP contribution in [0.1, 0.15) is 24.8 Å². The molecule has 2 rings (SSSR count). The maximum absolute atomic E-state index is 11.8. The van der Waals surface area contributed by atoms with Crippen LogP contribution in [0.15, 0.2) is 36.4 Å². The van der Waals surface area contributed by atoms with Crippen molar-refractivity contribution in [3.8, 4) is 6.07 Å². The average molecular weight is 240 g/mol. The van der Waals surface area contributed by atoms with Crippen LogP contribution >= 0.6 is 0 Å². The molecule has 3 nitrogen and oxygen atoms in total. The molecule has 18 heavy (non-hydrogen) atoms. The van der Waals surface area contributed by atoms with Crippen molar-refractivity contribution in [2.75, 3.05) is 5.32 Å². The fraction of sp³-hybridized carbons (Fsp3) is 0.333. The third kappa shape index (κ3) is 3.46. The Hall–Kier alpha value is -2.08. The van der Waals surface area contributed by atoms with Crippen molar-refractivity contribution >= 4 is 11.6 Å². The Balaban J connectivity index is 1.86.